The number of hydrogen-bond donors (Lipinski definition) is 3. The summed E-state index contributed by atoms with van der Waals surface area (Å²) >= 11 is 0. The second-order valence-electron chi connectivity index (χ2n) is 6.62. The van der Waals surface area contributed by atoms with Crippen LogP contribution in [0.5, 0.6) is 5.75 Å². The van der Waals surface area contributed by atoms with E-state index in [-0.39, 0.29) is 0 Å². The molecule has 0 aliphatic carbocycles. The van der Waals surface area contributed by atoms with Crippen LogP contribution in [0, 0.1) is 5.92 Å². The summed E-state index contributed by atoms with van der Waals surface area (Å²) in [6.45, 7) is 6.34. The maximum atomic E-state index is 5.84. The molecule has 1 saturated heterocycles. The van der Waals surface area contributed by atoms with Gasteiger partial charge >= 0.3 is 0 Å². The van der Waals surface area contributed by atoms with Gasteiger partial charge in [-0.15, -0.1) is 0 Å². The van der Waals surface area contributed by atoms with Crippen LogP contribution in [0.4, 0.5) is 0 Å². The molecule has 3 atom stereocenters. The van der Waals surface area contributed by atoms with Crippen LogP contribution in [-0.4, -0.2) is 26.2 Å². The second kappa shape index (κ2) is 9.91. The van der Waals surface area contributed by atoms with Gasteiger partial charge in [0.05, 0.1) is 12.6 Å². The third kappa shape index (κ3) is 5.48. The van der Waals surface area contributed by atoms with Crippen LogP contribution < -0.4 is 20.9 Å². The number of likely N-dealkylation sites (N-methyl/N-ethyl adjacent to an activating group) is 1. The van der Waals surface area contributed by atoms with Gasteiger partial charge in [-0.2, -0.15) is 0 Å². The van der Waals surface area contributed by atoms with Crippen LogP contribution in [0.15, 0.2) is 24.3 Å². The highest BCUT2D eigenvalue weighted by Gasteiger charge is 2.32. The van der Waals surface area contributed by atoms with Crippen molar-refractivity contribution in [1.82, 2.24) is 16.2 Å². The molecule has 0 saturated carbocycles. The van der Waals surface area contributed by atoms with Crippen LogP contribution >= 0.6 is 0 Å². The van der Waals surface area contributed by atoms with Crippen molar-refractivity contribution in [1.29, 1.82) is 0 Å². The van der Waals surface area contributed by atoms with Gasteiger partial charge in [-0.3, -0.25) is 5.43 Å². The van der Waals surface area contributed by atoms with E-state index in [0.29, 0.717) is 18.0 Å². The highest BCUT2D eigenvalue weighted by molar-refractivity contribution is 5.30. The van der Waals surface area contributed by atoms with E-state index in [1.807, 2.05) is 7.05 Å². The normalized spacial score (nSPS) is 24.0. The number of hydrogen-bond acceptors (Lipinski definition) is 4. The first-order valence-corrected chi connectivity index (χ1v) is 9.14. The van der Waals surface area contributed by atoms with Crippen molar-refractivity contribution in [3.05, 3.63) is 29.8 Å². The van der Waals surface area contributed by atoms with Crippen LogP contribution in [0.25, 0.3) is 0 Å². The Balaban J connectivity index is 1.76. The Hall–Kier alpha value is -1.10. The van der Waals surface area contributed by atoms with Crippen molar-refractivity contribution in [3.63, 3.8) is 0 Å². The third-order valence-electron chi connectivity index (χ3n) is 4.76. The summed E-state index contributed by atoms with van der Waals surface area (Å²) < 4.78 is 5.84. The molecule has 130 valence electrons. The van der Waals surface area contributed by atoms with Crippen molar-refractivity contribution in [2.75, 3.05) is 20.2 Å². The number of benzene rings is 1. The molecule has 1 aliphatic heterocycles. The number of rotatable bonds is 10. The zero-order valence-electron chi connectivity index (χ0n) is 14.9. The van der Waals surface area contributed by atoms with Crippen molar-refractivity contribution in [3.8, 4) is 5.75 Å². The molecule has 1 aromatic rings. The monoisotopic (exact) mass is 319 g/mol. The number of unbranched alkanes of at least 4 members (excludes halogenated alkanes) is 4. The van der Waals surface area contributed by atoms with E-state index in [2.05, 4.69) is 54.3 Å². The van der Waals surface area contributed by atoms with Crippen molar-refractivity contribution < 1.29 is 4.74 Å². The zero-order chi connectivity index (χ0) is 16.5. The molecule has 4 heteroatoms. The van der Waals surface area contributed by atoms with E-state index in [9.17, 15) is 0 Å². The minimum Gasteiger partial charge on any atom is -0.494 e. The van der Waals surface area contributed by atoms with Gasteiger partial charge in [-0.1, -0.05) is 51.7 Å². The number of hydrazine groups is 1. The summed E-state index contributed by atoms with van der Waals surface area (Å²) in [5.74, 6) is 1.53. The minimum atomic E-state index is 0.358. The Bertz CT molecular complexity index is 435. The van der Waals surface area contributed by atoms with Crippen LogP contribution in [0.2, 0.25) is 0 Å². The summed E-state index contributed by atoms with van der Waals surface area (Å²) in [6.07, 6.45) is 6.38. The van der Waals surface area contributed by atoms with Gasteiger partial charge in [0.25, 0.3) is 0 Å². The fourth-order valence-corrected chi connectivity index (χ4v) is 3.20. The lowest BCUT2D eigenvalue weighted by Crippen LogP contribution is -2.38. The standard InChI is InChI=1S/C19H33N3O/c1-4-5-6-7-8-13-23-17-11-9-16(10-12-17)19-15(2)18(14-20-3)21-22-19/h9-12,15,18-22H,4-8,13-14H2,1-3H3. The van der Waals surface area contributed by atoms with Gasteiger partial charge < -0.3 is 10.1 Å². The Morgan fingerprint density at radius 3 is 2.48 bits per heavy atom. The lowest BCUT2D eigenvalue weighted by atomic mass is 9.91. The van der Waals surface area contributed by atoms with Gasteiger partial charge in [0.1, 0.15) is 5.75 Å². The first-order chi connectivity index (χ1) is 11.3. The SMILES string of the molecule is CCCCCCCOc1ccc(C2NNC(CNC)C2C)cc1. The summed E-state index contributed by atoms with van der Waals surface area (Å²) in [5.41, 5.74) is 8.12. The van der Waals surface area contributed by atoms with Crippen LogP contribution in [0.3, 0.4) is 0 Å². The molecule has 1 aliphatic rings. The summed E-state index contributed by atoms with van der Waals surface area (Å²) in [6, 6.07) is 9.39. The molecule has 1 fully saturated rings. The Kier molecular flexibility index (Phi) is 7.86. The molecule has 0 radical (unpaired) electrons. The van der Waals surface area contributed by atoms with E-state index in [1.54, 1.807) is 0 Å². The fourth-order valence-electron chi connectivity index (χ4n) is 3.20. The highest BCUT2D eigenvalue weighted by atomic mass is 16.5. The predicted molar refractivity (Wildman–Crippen MR) is 96.6 cm³/mol. The van der Waals surface area contributed by atoms with E-state index in [0.717, 1.165) is 25.3 Å². The Morgan fingerprint density at radius 1 is 1.04 bits per heavy atom. The minimum absolute atomic E-state index is 0.358. The molecule has 3 unspecified atom stereocenters. The maximum absolute atomic E-state index is 5.84. The molecule has 0 aromatic heterocycles. The molecule has 2 rings (SSSR count). The van der Waals surface area contributed by atoms with Gasteiger partial charge in [0.15, 0.2) is 0 Å². The first-order valence-electron chi connectivity index (χ1n) is 9.14. The van der Waals surface area contributed by atoms with Gasteiger partial charge in [0.2, 0.25) is 0 Å². The molecular formula is C19H33N3O. The lowest BCUT2D eigenvalue weighted by molar-refractivity contribution is 0.304. The van der Waals surface area contributed by atoms with Gasteiger partial charge in [-0.05, 0) is 37.1 Å². The van der Waals surface area contributed by atoms with E-state index >= 15 is 0 Å². The molecule has 1 heterocycles. The Morgan fingerprint density at radius 2 is 1.78 bits per heavy atom. The molecule has 4 nitrogen and oxygen atoms in total. The molecule has 23 heavy (non-hydrogen) atoms. The maximum Gasteiger partial charge on any atom is 0.119 e. The highest BCUT2D eigenvalue weighted by Crippen LogP contribution is 2.29. The summed E-state index contributed by atoms with van der Waals surface area (Å²) in [5, 5.41) is 3.24. The number of ether oxygens (including phenoxy) is 1. The fraction of sp³-hybridized carbons (Fsp3) is 0.684. The largest absolute Gasteiger partial charge is 0.494 e. The third-order valence-corrected chi connectivity index (χ3v) is 4.76. The topological polar surface area (TPSA) is 45.3 Å². The van der Waals surface area contributed by atoms with E-state index in [1.165, 1.54) is 31.2 Å². The van der Waals surface area contributed by atoms with Crippen molar-refractivity contribution >= 4 is 0 Å². The second-order valence-corrected chi connectivity index (χ2v) is 6.62. The first kappa shape index (κ1) is 18.2. The Labute approximate surface area is 141 Å². The van der Waals surface area contributed by atoms with E-state index in [4.69, 9.17) is 4.74 Å². The smallest absolute Gasteiger partial charge is 0.119 e. The van der Waals surface area contributed by atoms with Crippen molar-refractivity contribution in [2.45, 2.75) is 58.0 Å². The van der Waals surface area contributed by atoms with Crippen LogP contribution in [-0.2, 0) is 0 Å². The zero-order valence-corrected chi connectivity index (χ0v) is 14.9. The molecule has 0 spiro atoms. The summed E-state index contributed by atoms with van der Waals surface area (Å²) in [4.78, 5) is 0. The van der Waals surface area contributed by atoms with Gasteiger partial charge in [0, 0.05) is 12.6 Å². The summed E-state index contributed by atoms with van der Waals surface area (Å²) in [7, 11) is 2.00. The molecule has 0 bridgehead atoms. The van der Waals surface area contributed by atoms with E-state index < -0.39 is 0 Å². The van der Waals surface area contributed by atoms with Crippen LogP contribution in [0.1, 0.15) is 57.6 Å². The molecular weight excluding hydrogens is 286 g/mol. The molecule has 1 aromatic carbocycles. The number of nitrogens with one attached hydrogen (secondary N) is 3. The molecule has 0 amide bonds. The average molecular weight is 319 g/mol. The quantitative estimate of drug-likeness (QED) is 0.578. The lowest BCUT2D eigenvalue weighted by Gasteiger charge is -2.19. The predicted octanol–water partition coefficient (Wildman–Crippen LogP) is 3.41. The van der Waals surface area contributed by atoms with Gasteiger partial charge in [-0.25, -0.2) is 5.43 Å². The average Bonchev–Trinajstić information content (AvgIpc) is 2.93. The molecule has 3 N–H and O–H groups in total. The van der Waals surface area contributed by atoms with Crippen molar-refractivity contribution in [2.24, 2.45) is 5.92 Å².